The van der Waals surface area contributed by atoms with E-state index in [0.29, 0.717) is 21.2 Å². The van der Waals surface area contributed by atoms with Crippen molar-refractivity contribution >= 4 is 39.5 Å². The molecular weight excluding hydrogens is 380 g/mol. The molecule has 0 aliphatic heterocycles. The minimum Gasteiger partial charge on any atom is -0.320 e. The Morgan fingerprint density at radius 3 is 2.74 bits per heavy atom. The van der Waals surface area contributed by atoms with Gasteiger partial charge in [0.1, 0.15) is 10.9 Å². The Bertz CT molecular complexity index is 1200. The van der Waals surface area contributed by atoms with Crippen LogP contribution >= 0.6 is 22.9 Å². The van der Waals surface area contributed by atoms with Crippen LogP contribution in [0.3, 0.4) is 0 Å². The van der Waals surface area contributed by atoms with Crippen LogP contribution in [0.1, 0.15) is 20.9 Å². The van der Waals surface area contributed by atoms with E-state index in [1.807, 2.05) is 47.9 Å². The lowest BCUT2D eigenvalue weighted by molar-refractivity contribution is 0.102. The maximum absolute atomic E-state index is 12.7. The molecule has 0 aliphatic rings. The number of thiazole rings is 1. The van der Waals surface area contributed by atoms with Gasteiger partial charge in [0.05, 0.1) is 16.9 Å². The van der Waals surface area contributed by atoms with Crippen LogP contribution in [0.5, 0.6) is 0 Å². The van der Waals surface area contributed by atoms with E-state index < -0.39 is 0 Å². The zero-order chi connectivity index (χ0) is 19.0. The third-order valence-corrected chi connectivity index (χ3v) is 5.57. The Hall–Kier alpha value is -3.14. The standard InChI is InChI=1S/C20H13ClN4OS/c1-12-18(19(26)23-16-9-15(21)8-7-14(16)10-22)27-20-24-17(11-25(12)20)13-5-3-2-4-6-13/h2-9,11H,1H3,(H,23,26). The van der Waals surface area contributed by atoms with E-state index in [0.717, 1.165) is 21.9 Å². The SMILES string of the molecule is Cc1c(C(=O)Nc2cc(Cl)ccc2C#N)sc2nc(-c3ccccc3)cn12. The Labute approximate surface area is 164 Å². The molecule has 0 saturated heterocycles. The number of carbonyl (C=O) groups is 1. The number of hydrogen-bond donors (Lipinski definition) is 1. The fourth-order valence-electron chi connectivity index (χ4n) is 2.81. The predicted octanol–water partition coefficient (Wildman–Crippen LogP) is 5.15. The lowest BCUT2D eigenvalue weighted by Crippen LogP contribution is -2.13. The second-order valence-electron chi connectivity index (χ2n) is 5.92. The number of nitriles is 1. The Morgan fingerprint density at radius 1 is 1.26 bits per heavy atom. The largest absolute Gasteiger partial charge is 0.320 e. The summed E-state index contributed by atoms with van der Waals surface area (Å²) < 4.78 is 1.91. The number of halogens is 1. The predicted molar refractivity (Wildman–Crippen MR) is 107 cm³/mol. The maximum atomic E-state index is 12.7. The van der Waals surface area contributed by atoms with E-state index in [1.165, 1.54) is 11.3 Å². The highest BCUT2D eigenvalue weighted by Gasteiger charge is 2.19. The van der Waals surface area contributed by atoms with Gasteiger partial charge in [0, 0.05) is 22.5 Å². The molecule has 0 unspecified atom stereocenters. The average Bonchev–Trinajstić information content (AvgIpc) is 3.22. The van der Waals surface area contributed by atoms with Gasteiger partial charge in [-0.05, 0) is 25.1 Å². The summed E-state index contributed by atoms with van der Waals surface area (Å²) in [6.07, 6.45) is 1.92. The molecule has 2 aromatic heterocycles. The summed E-state index contributed by atoms with van der Waals surface area (Å²) in [6, 6.07) is 16.7. The number of imidazole rings is 1. The molecule has 2 heterocycles. The number of nitrogens with one attached hydrogen (secondary N) is 1. The number of carbonyl (C=O) groups excluding carboxylic acids is 1. The molecule has 7 heteroatoms. The molecule has 132 valence electrons. The lowest BCUT2D eigenvalue weighted by Gasteiger charge is -2.07. The van der Waals surface area contributed by atoms with E-state index in [9.17, 15) is 10.1 Å². The summed E-state index contributed by atoms with van der Waals surface area (Å²) >= 11 is 7.29. The third-order valence-electron chi connectivity index (χ3n) is 4.18. The Balaban J connectivity index is 1.67. The summed E-state index contributed by atoms with van der Waals surface area (Å²) in [5.41, 5.74) is 3.43. The minimum atomic E-state index is -0.289. The first-order valence-corrected chi connectivity index (χ1v) is 9.31. The fourth-order valence-corrected chi connectivity index (χ4v) is 3.98. The van der Waals surface area contributed by atoms with Crippen molar-refractivity contribution in [1.82, 2.24) is 9.38 Å². The molecule has 5 nitrogen and oxygen atoms in total. The highest BCUT2D eigenvalue weighted by atomic mass is 35.5. The van der Waals surface area contributed by atoms with Gasteiger partial charge in [0.2, 0.25) is 0 Å². The van der Waals surface area contributed by atoms with Gasteiger partial charge in [-0.1, -0.05) is 53.3 Å². The summed E-state index contributed by atoms with van der Waals surface area (Å²) in [7, 11) is 0. The molecule has 0 bridgehead atoms. The number of rotatable bonds is 3. The number of hydrogen-bond acceptors (Lipinski definition) is 4. The van der Waals surface area contributed by atoms with Gasteiger partial charge < -0.3 is 5.32 Å². The van der Waals surface area contributed by atoms with Crippen molar-refractivity contribution in [3.8, 4) is 17.3 Å². The monoisotopic (exact) mass is 392 g/mol. The van der Waals surface area contributed by atoms with Crippen LogP contribution in [0.25, 0.3) is 16.2 Å². The van der Waals surface area contributed by atoms with Crippen LogP contribution in [0.2, 0.25) is 5.02 Å². The molecule has 0 saturated carbocycles. The molecule has 4 rings (SSSR count). The van der Waals surface area contributed by atoms with Crippen LogP contribution in [0, 0.1) is 18.3 Å². The number of amides is 1. The van der Waals surface area contributed by atoms with Crippen molar-refractivity contribution in [2.45, 2.75) is 6.92 Å². The van der Waals surface area contributed by atoms with Gasteiger partial charge in [-0.3, -0.25) is 9.20 Å². The van der Waals surface area contributed by atoms with Crippen LogP contribution < -0.4 is 5.32 Å². The molecule has 27 heavy (non-hydrogen) atoms. The zero-order valence-corrected chi connectivity index (χ0v) is 15.8. The Morgan fingerprint density at radius 2 is 2.04 bits per heavy atom. The van der Waals surface area contributed by atoms with Crippen molar-refractivity contribution < 1.29 is 4.79 Å². The number of fused-ring (bicyclic) bond motifs is 1. The van der Waals surface area contributed by atoms with Gasteiger partial charge >= 0.3 is 0 Å². The normalized spacial score (nSPS) is 10.7. The minimum absolute atomic E-state index is 0.289. The van der Waals surface area contributed by atoms with Crippen LogP contribution in [0.15, 0.2) is 54.7 Å². The fraction of sp³-hybridized carbons (Fsp3) is 0.0500. The van der Waals surface area contributed by atoms with E-state index in [2.05, 4.69) is 16.4 Å². The van der Waals surface area contributed by atoms with Crippen LogP contribution in [-0.4, -0.2) is 15.3 Å². The molecule has 0 atom stereocenters. The van der Waals surface area contributed by atoms with Gasteiger partial charge in [-0.15, -0.1) is 0 Å². The molecule has 1 N–H and O–H groups in total. The quantitative estimate of drug-likeness (QED) is 0.524. The van der Waals surface area contributed by atoms with Crippen molar-refractivity contribution in [2.75, 3.05) is 5.32 Å². The summed E-state index contributed by atoms with van der Waals surface area (Å²) in [4.78, 5) is 18.7. The Kier molecular flexibility index (Phi) is 4.40. The second kappa shape index (κ2) is 6.88. The first-order chi connectivity index (χ1) is 13.1. The summed E-state index contributed by atoms with van der Waals surface area (Å²) in [5, 5.41) is 12.4. The molecule has 0 radical (unpaired) electrons. The summed E-state index contributed by atoms with van der Waals surface area (Å²) in [6.45, 7) is 1.87. The van der Waals surface area contributed by atoms with Crippen molar-refractivity contribution in [2.24, 2.45) is 0 Å². The van der Waals surface area contributed by atoms with Gasteiger partial charge in [-0.25, -0.2) is 4.98 Å². The maximum Gasteiger partial charge on any atom is 0.267 e. The first kappa shape index (κ1) is 17.3. The average molecular weight is 393 g/mol. The first-order valence-electron chi connectivity index (χ1n) is 8.11. The number of benzene rings is 2. The summed E-state index contributed by atoms with van der Waals surface area (Å²) in [5.74, 6) is -0.289. The number of nitrogens with zero attached hydrogens (tertiary/aromatic N) is 3. The molecule has 0 aliphatic carbocycles. The molecule has 0 fully saturated rings. The topological polar surface area (TPSA) is 70.2 Å². The third kappa shape index (κ3) is 3.19. The van der Waals surface area contributed by atoms with E-state index in [1.54, 1.807) is 18.2 Å². The molecule has 4 aromatic rings. The highest BCUT2D eigenvalue weighted by molar-refractivity contribution is 7.19. The highest BCUT2D eigenvalue weighted by Crippen LogP contribution is 2.28. The van der Waals surface area contributed by atoms with E-state index in [-0.39, 0.29) is 5.91 Å². The van der Waals surface area contributed by atoms with Gasteiger partial charge in [0.25, 0.3) is 5.91 Å². The zero-order valence-electron chi connectivity index (χ0n) is 14.2. The van der Waals surface area contributed by atoms with Crippen molar-refractivity contribution in [1.29, 1.82) is 5.26 Å². The second-order valence-corrected chi connectivity index (χ2v) is 7.33. The molecule has 1 amide bonds. The molecule has 2 aromatic carbocycles. The lowest BCUT2D eigenvalue weighted by atomic mass is 10.2. The van der Waals surface area contributed by atoms with Crippen molar-refractivity contribution in [3.05, 3.63) is 75.9 Å². The molecule has 0 spiro atoms. The van der Waals surface area contributed by atoms with Gasteiger partial charge in [-0.2, -0.15) is 5.26 Å². The number of anilines is 1. The van der Waals surface area contributed by atoms with Crippen LogP contribution in [0.4, 0.5) is 5.69 Å². The molecular formula is C20H13ClN4OS. The van der Waals surface area contributed by atoms with E-state index in [4.69, 9.17) is 11.6 Å². The van der Waals surface area contributed by atoms with Crippen LogP contribution in [-0.2, 0) is 0 Å². The number of aryl methyl sites for hydroxylation is 1. The smallest absolute Gasteiger partial charge is 0.267 e. The number of aromatic nitrogens is 2. The van der Waals surface area contributed by atoms with Gasteiger partial charge in [0.15, 0.2) is 4.96 Å². The van der Waals surface area contributed by atoms with Crippen molar-refractivity contribution in [3.63, 3.8) is 0 Å². The van der Waals surface area contributed by atoms with E-state index >= 15 is 0 Å².